The van der Waals surface area contributed by atoms with Crippen molar-refractivity contribution in [1.82, 2.24) is 9.97 Å². The number of rotatable bonds is 7. The number of imidazole rings is 1. The lowest BCUT2D eigenvalue weighted by Gasteiger charge is -2.13. The molecule has 0 saturated heterocycles. The Morgan fingerprint density at radius 1 is 1.25 bits per heavy atom. The van der Waals surface area contributed by atoms with Crippen molar-refractivity contribution in [3.8, 4) is 5.75 Å². The summed E-state index contributed by atoms with van der Waals surface area (Å²) in [4.78, 5) is 16.3. The van der Waals surface area contributed by atoms with Crippen LogP contribution in [0, 0.1) is 0 Å². The Kier molecular flexibility index (Phi) is 5.35. The van der Waals surface area contributed by atoms with Gasteiger partial charge in [-0.1, -0.05) is 26.0 Å². The van der Waals surface area contributed by atoms with Gasteiger partial charge < -0.3 is 14.7 Å². The molecule has 4 nitrogen and oxygen atoms in total. The van der Waals surface area contributed by atoms with Gasteiger partial charge in [-0.05, 0) is 30.0 Å². The number of hydrogen-bond donors (Lipinski definition) is 2. The number of nitrogens with one attached hydrogen (secondary N) is 2. The lowest BCUT2D eigenvalue weighted by atomic mass is 10.0. The second-order valence-electron chi connectivity index (χ2n) is 4.48. The van der Waals surface area contributed by atoms with Gasteiger partial charge in [0.2, 0.25) is 0 Å². The Balaban J connectivity index is 1.89. The van der Waals surface area contributed by atoms with Crippen molar-refractivity contribution in [3.63, 3.8) is 0 Å². The fourth-order valence-corrected chi connectivity index (χ4v) is 2.85. The Morgan fingerprint density at radius 2 is 2.10 bits per heavy atom. The van der Waals surface area contributed by atoms with E-state index in [0.717, 1.165) is 30.0 Å². The third kappa shape index (κ3) is 3.70. The fourth-order valence-electron chi connectivity index (χ4n) is 2.18. The number of aromatic amines is 2. The molecule has 0 aliphatic rings. The topological polar surface area (TPSA) is 57.9 Å². The summed E-state index contributed by atoms with van der Waals surface area (Å²) in [6.45, 7) is 4.31. The van der Waals surface area contributed by atoms with Gasteiger partial charge >= 0.3 is 5.69 Å². The highest BCUT2D eigenvalue weighted by Crippen LogP contribution is 2.24. The lowest BCUT2D eigenvalue weighted by Crippen LogP contribution is -2.02. The van der Waals surface area contributed by atoms with Crippen molar-refractivity contribution >= 4 is 11.8 Å². The standard InChI is InChI=1S/C15H20N2O2S/c1-3-11-6-5-7-14(13(11)4-2)19-10-20-9-12-8-16-15(18)17-12/h5-8H,3-4,9-10H2,1-2H3,(H2,16,17,18). The molecule has 0 bridgehead atoms. The van der Waals surface area contributed by atoms with Crippen LogP contribution in [0.4, 0.5) is 0 Å². The molecule has 2 rings (SSSR count). The zero-order valence-corrected chi connectivity index (χ0v) is 12.7. The first-order valence-corrected chi connectivity index (χ1v) is 7.98. The van der Waals surface area contributed by atoms with E-state index in [-0.39, 0.29) is 5.69 Å². The Labute approximate surface area is 123 Å². The minimum Gasteiger partial charge on any atom is -0.483 e. The number of aromatic nitrogens is 2. The average molecular weight is 292 g/mol. The molecule has 20 heavy (non-hydrogen) atoms. The summed E-state index contributed by atoms with van der Waals surface area (Å²) < 4.78 is 5.86. The van der Waals surface area contributed by atoms with Crippen LogP contribution in [0.25, 0.3) is 0 Å². The second kappa shape index (κ2) is 7.24. The fraction of sp³-hybridized carbons (Fsp3) is 0.400. The van der Waals surface area contributed by atoms with Gasteiger partial charge in [0.05, 0.1) is 0 Å². The SMILES string of the molecule is CCc1cccc(OCSCc2c[nH]c(=O)[nH]2)c1CC. The summed E-state index contributed by atoms with van der Waals surface area (Å²) in [5.74, 6) is 2.28. The molecule has 108 valence electrons. The Morgan fingerprint density at radius 3 is 2.75 bits per heavy atom. The van der Waals surface area contributed by atoms with Crippen LogP contribution in [0.15, 0.2) is 29.2 Å². The first-order chi connectivity index (χ1) is 9.74. The maximum atomic E-state index is 10.9. The third-order valence-electron chi connectivity index (χ3n) is 3.17. The van der Waals surface area contributed by atoms with E-state index in [4.69, 9.17) is 4.74 Å². The molecule has 0 aliphatic carbocycles. The summed E-state index contributed by atoms with van der Waals surface area (Å²) in [5, 5.41) is 0. The number of thioether (sulfide) groups is 1. The van der Waals surface area contributed by atoms with Crippen LogP contribution >= 0.6 is 11.8 Å². The highest BCUT2D eigenvalue weighted by molar-refractivity contribution is 7.98. The molecule has 0 atom stereocenters. The van der Waals surface area contributed by atoms with Gasteiger partial charge in [0.25, 0.3) is 0 Å². The zero-order valence-electron chi connectivity index (χ0n) is 11.9. The molecular formula is C15H20N2O2S. The Bertz CT molecular complexity index is 604. The molecule has 0 aliphatic heterocycles. The summed E-state index contributed by atoms with van der Waals surface area (Å²) in [7, 11) is 0. The van der Waals surface area contributed by atoms with Crippen LogP contribution in [-0.2, 0) is 18.6 Å². The summed E-state index contributed by atoms with van der Waals surface area (Å²) in [5.41, 5.74) is 3.38. The molecule has 0 unspecified atom stereocenters. The van der Waals surface area contributed by atoms with Gasteiger partial charge in [0, 0.05) is 17.6 Å². The number of aryl methyl sites for hydroxylation is 1. The molecular weight excluding hydrogens is 272 g/mol. The minimum absolute atomic E-state index is 0.162. The first kappa shape index (κ1) is 14.8. The predicted octanol–water partition coefficient (Wildman–Crippen LogP) is 3.10. The largest absolute Gasteiger partial charge is 0.483 e. The quantitative estimate of drug-likeness (QED) is 0.609. The highest BCUT2D eigenvalue weighted by atomic mass is 32.2. The van der Waals surface area contributed by atoms with Crippen molar-refractivity contribution < 1.29 is 4.74 Å². The third-order valence-corrected chi connectivity index (χ3v) is 3.97. The molecule has 0 radical (unpaired) electrons. The van der Waals surface area contributed by atoms with Gasteiger partial charge in [0.1, 0.15) is 11.7 Å². The van der Waals surface area contributed by atoms with Crippen LogP contribution in [0.1, 0.15) is 30.7 Å². The zero-order chi connectivity index (χ0) is 14.4. The predicted molar refractivity (Wildman–Crippen MR) is 83.4 cm³/mol. The maximum absolute atomic E-state index is 10.9. The number of benzene rings is 1. The van der Waals surface area contributed by atoms with Crippen LogP contribution in [0.2, 0.25) is 0 Å². The van der Waals surface area contributed by atoms with Crippen molar-refractivity contribution in [3.05, 3.63) is 51.7 Å². The van der Waals surface area contributed by atoms with E-state index in [1.165, 1.54) is 11.1 Å². The van der Waals surface area contributed by atoms with Gasteiger partial charge in [-0.15, -0.1) is 11.8 Å². The van der Waals surface area contributed by atoms with E-state index in [1.807, 2.05) is 12.1 Å². The highest BCUT2D eigenvalue weighted by Gasteiger charge is 2.06. The van der Waals surface area contributed by atoms with Crippen molar-refractivity contribution in [2.24, 2.45) is 0 Å². The molecule has 1 aromatic carbocycles. The lowest BCUT2D eigenvalue weighted by molar-refractivity contribution is 0.388. The molecule has 2 aromatic rings. The second-order valence-corrected chi connectivity index (χ2v) is 5.41. The molecule has 1 aromatic heterocycles. The maximum Gasteiger partial charge on any atom is 0.323 e. The number of H-pyrrole nitrogens is 2. The molecule has 2 N–H and O–H groups in total. The van der Waals surface area contributed by atoms with E-state index in [1.54, 1.807) is 18.0 Å². The first-order valence-electron chi connectivity index (χ1n) is 6.82. The van der Waals surface area contributed by atoms with Crippen LogP contribution in [0.5, 0.6) is 5.75 Å². The van der Waals surface area contributed by atoms with Crippen molar-refractivity contribution in [2.45, 2.75) is 32.4 Å². The van der Waals surface area contributed by atoms with Crippen LogP contribution in [-0.4, -0.2) is 15.9 Å². The smallest absolute Gasteiger partial charge is 0.323 e. The minimum atomic E-state index is -0.162. The molecule has 0 fully saturated rings. The summed E-state index contributed by atoms with van der Waals surface area (Å²) in [6, 6.07) is 6.22. The molecule has 0 saturated carbocycles. The molecule has 1 heterocycles. The normalized spacial score (nSPS) is 10.7. The van der Waals surface area contributed by atoms with Gasteiger partial charge in [-0.3, -0.25) is 0 Å². The monoisotopic (exact) mass is 292 g/mol. The van der Waals surface area contributed by atoms with Gasteiger partial charge in [0.15, 0.2) is 0 Å². The van der Waals surface area contributed by atoms with E-state index in [9.17, 15) is 4.79 Å². The van der Waals surface area contributed by atoms with Crippen LogP contribution < -0.4 is 10.4 Å². The van der Waals surface area contributed by atoms with Gasteiger partial charge in [-0.25, -0.2) is 4.79 Å². The van der Waals surface area contributed by atoms with Crippen molar-refractivity contribution in [1.29, 1.82) is 0 Å². The van der Waals surface area contributed by atoms with Crippen LogP contribution in [0.3, 0.4) is 0 Å². The molecule has 0 spiro atoms. The van der Waals surface area contributed by atoms with E-state index < -0.39 is 0 Å². The van der Waals surface area contributed by atoms with Gasteiger partial charge in [-0.2, -0.15) is 0 Å². The van der Waals surface area contributed by atoms with E-state index in [0.29, 0.717) is 5.94 Å². The summed E-state index contributed by atoms with van der Waals surface area (Å²) in [6.07, 6.45) is 3.71. The number of ether oxygens (including phenoxy) is 1. The van der Waals surface area contributed by atoms with E-state index >= 15 is 0 Å². The number of hydrogen-bond acceptors (Lipinski definition) is 3. The summed E-state index contributed by atoms with van der Waals surface area (Å²) >= 11 is 1.63. The van der Waals surface area contributed by atoms with E-state index in [2.05, 4.69) is 29.9 Å². The molecule has 5 heteroatoms. The average Bonchev–Trinajstić information content (AvgIpc) is 2.88. The Hall–Kier alpha value is -1.62. The van der Waals surface area contributed by atoms with Crippen molar-refractivity contribution in [2.75, 3.05) is 5.94 Å². The molecule has 0 amide bonds.